The molecule has 32 nitrogen and oxygen atoms in total. The van der Waals surface area contributed by atoms with Gasteiger partial charge in [0.05, 0.1) is 177 Å². The fraction of sp³-hybridized carbons (Fsp3) is 0.929. The lowest BCUT2D eigenvalue weighted by Gasteiger charge is -2.40. The largest absolute Gasteiger partial charge is 0.394 e. The minimum atomic E-state index is -1.30. The third kappa shape index (κ3) is 31.0. The minimum Gasteiger partial charge on any atom is -0.394 e. The van der Waals surface area contributed by atoms with Gasteiger partial charge in [-0.25, -0.2) is 0 Å². The minimum absolute atomic E-state index is 0.0375. The Labute approximate surface area is 514 Å². The topological polar surface area (TPSA) is 437 Å². The highest BCUT2D eigenvalue weighted by Crippen LogP contribution is 2.29. The van der Waals surface area contributed by atoms with Crippen LogP contribution in [0.25, 0.3) is 0 Å². The average molecular weight is 1280 g/mol. The van der Waals surface area contributed by atoms with E-state index in [4.69, 9.17) is 71.1 Å². The highest BCUT2D eigenvalue weighted by Gasteiger charge is 2.45. The number of aliphatic hydroxyl groups is 9. The van der Waals surface area contributed by atoms with Gasteiger partial charge in [-0.3, -0.25) is 19.2 Å². The Bertz CT molecular complexity index is 1650. The molecule has 0 spiro atoms. The number of nitrogens with one attached hydrogen (secondary N) is 4. The Morgan fingerprint density at radius 3 is 0.909 bits per heavy atom. The van der Waals surface area contributed by atoms with Gasteiger partial charge < -0.3 is 138 Å². The number of carbonyl (C=O) groups excluding carboxylic acids is 4. The normalized spacial score (nSPS) is 28.0. The first-order chi connectivity index (χ1) is 42.4. The number of aliphatic hydroxyl groups excluding tert-OH is 9. The number of carbonyl (C=O) groups is 4. The second-order valence-corrected chi connectivity index (χ2v) is 21.5. The molecule has 15 unspecified atom stereocenters. The van der Waals surface area contributed by atoms with Crippen LogP contribution in [-0.4, -0.2) is 327 Å². The number of ether oxygens (including phenoxy) is 15. The van der Waals surface area contributed by atoms with Gasteiger partial charge in [0.1, 0.15) is 42.2 Å². The van der Waals surface area contributed by atoms with Crippen molar-refractivity contribution in [3.8, 4) is 0 Å². The van der Waals surface area contributed by atoms with Crippen molar-refractivity contribution in [1.29, 1.82) is 0 Å². The lowest BCUT2D eigenvalue weighted by molar-refractivity contribution is -0.284. The summed E-state index contributed by atoms with van der Waals surface area (Å²) in [6.45, 7) is 8.42. The van der Waals surface area contributed by atoms with Crippen LogP contribution in [0.5, 0.6) is 0 Å². The Morgan fingerprint density at radius 2 is 0.636 bits per heavy atom. The molecule has 32 heteroatoms. The van der Waals surface area contributed by atoms with Crippen molar-refractivity contribution in [3.05, 3.63) is 0 Å². The van der Waals surface area contributed by atoms with Gasteiger partial charge in [0, 0.05) is 63.1 Å². The van der Waals surface area contributed by atoms with Crippen molar-refractivity contribution in [2.24, 2.45) is 17.8 Å². The van der Waals surface area contributed by atoms with E-state index >= 15 is 0 Å². The van der Waals surface area contributed by atoms with Crippen LogP contribution in [0.3, 0.4) is 0 Å². The predicted molar refractivity (Wildman–Crippen MR) is 305 cm³/mol. The van der Waals surface area contributed by atoms with Crippen LogP contribution in [0, 0.1) is 17.8 Å². The smallest absolute Gasteiger partial charge is 0.222 e. The summed E-state index contributed by atoms with van der Waals surface area (Å²) < 4.78 is 84.5. The van der Waals surface area contributed by atoms with Crippen molar-refractivity contribution in [2.45, 2.75) is 139 Å². The molecule has 3 aliphatic rings. The molecule has 0 radical (unpaired) electrons. The predicted octanol–water partition coefficient (Wildman–Crippen LogP) is -5.42. The van der Waals surface area contributed by atoms with Gasteiger partial charge in [-0.1, -0.05) is 27.7 Å². The number of amides is 4. The van der Waals surface area contributed by atoms with Gasteiger partial charge in [0.2, 0.25) is 23.6 Å². The van der Waals surface area contributed by atoms with Crippen LogP contribution in [-0.2, 0) is 90.2 Å². The van der Waals surface area contributed by atoms with E-state index in [0.717, 1.165) is 0 Å². The highest BCUT2D eigenvalue weighted by atomic mass is 16.7. The van der Waals surface area contributed by atoms with Crippen LogP contribution < -0.4 is 21.3 Å². The Hall–Kier alpha value is -3.08. The SMILES string of the molecule is CCCC(=O)NC(COCCC(=O)NCCOCCOCCOC1OC(CO)C(O)C(O)C1C)(COCCC(=O)NCCOCCOCCOC1OC(CO)C(O)C(O)C1C)COCCC(=O)NCCOCCOCCOC1OC(CO)C(O)C(O)C1C. The molecule has 13 N–H and O–H groups in total. The second-order valence-electron chi connectivity index (χ2n) is 21.5. The summed E-state index contributed by atoms with van der Waals surface area (Å²) in [7, 11) is 0. The van der Waals surface area contributed by atoms with Crippen molar-refractivity contribution in [3.63, 3.8) is 0 Å². The third-order valence-electron chi connectivity index (χ3n) is 14.4. The van der Waals surface area contributed by atoms with Crippen LogP contribution in [0.15, 0.2) is 0 Å². The fourth-order valence-electron chi connectivity index (χ4n) is 9.04. The molecule has 516 valence electrons. The summed E-state index contributed by atoms with van der Waals surface area (Å²) in [6, 6.07) is 0. The first kappa shape index (κ1) is 79.2. The summed E-state index contributed by atoms with van der Waals surface area (Å²) >= 11 is 0. The maximum atomic E-state index is 13.2. The molecule has 0 aromatic carbocycles. The zero-order valence-corrected chi connectivity index (χ0v) is 51.6. The summed E-state index contributed by atoms with van der Waals surface area (Å²) in [4.78, 5) is 51.3. The van der Waals surface area contributed by atoms with Crippen LogP contribution in [0.2, 0.25) is 0 Å². The second kappa shape index (κ2) is 46.9. The summed E-state index contributed by atoms with van der Waals surface area (Å²) in [5.41, 5.74) is -1.30. The van der Waals surface area contributed by atoms with E-state index in [0.29, 0.717) is 6.42 Å². The molecule has 4 amide bonds. The summed E-state index contributed by atoms with van der Waals surface area (Å²) in [5, 5.41) is 100. The van der Waals surface area contributed by atoms with E-state index in [1.54, 1.807) is 20.8 Å². The molecule has 3 heterocycles. The van der Waals surface area contributed by atoms with Crippen LogP contribution in [0.1, 0.15) is 59.8 Å². The number of hydrogen-bond donors (Lipinski definition) is 13. The molecule has 15 atom stereocenters. The Balaban J connectivity index is 1.37. The van der Waals surface area contributed by atoms with E-state index in [1.165, 1.54) is 0 Å². The van der Waals surface area contributed by atoms with Gasteiger partial charge in [0.15, 0.2) is 18.9 Å². The van der Waals surface area contributed by atoms with Crippen LogP contribution in [0.4, 0.5) is 0 Å². The molecular formula is C56H104N4O28. The standard InChI is InChI=1S/C56H104N4O28/c1-5-6-46(67)60-56(34-80-13-7-43(64)57-10-16-74-19-22-77-25-28-83-53-37(2)47(68)50(71)40(31-61)86-53,35-81-14-8-44(65)58-11-17-75-20-23-78-26-29-84-54-38(3)48(69)51(72)41(32-62)87-54)36-82-15-9-45(66)59-12-18-76-21-24-79-27-30-85-55-39(4)49(70)52(73)42(33-63)88-55/h37-42,47-55,61-63,68-73H,5-36H2,1-4H3,(H,57,64)(H,58,65)(H,59,66)(H,60,67). The first-order valence-corrected chi connectivity index (χ1v) is 30.4. The lowest BCUT2D eigenvalue weighted by Crippen LogP contribution is -2.58. The van der Waals surface area contributed by atoms with Crippen molar-refractivity contribution >= 4 is 23.6 Å². The zero-order chi connectivity index (χ0) is 64.5. The first-order valence-electron chi connectivity index (χ1n) is 30.4. The third-order valence-corrected chi connectivity index (χ3v) is 14.4. The molecular weight excluding hydrogens is 1180 g/mol. The quantitative estimate of drug-likeness (QED) is 0.0253. The molecule has 0 bridgehead atoms. The fourth-order valence-corrected chi connectivity index (χ4v) is 9.04. The van der Waals surface area contributed by atoms with Crippen molar-refractivity contribution < 1.29 is 136 Å². The van der Waals surface area contributed by atoms with Gasteiger partial charge in [0.25, 0.3) is 0 Å². The van der Waals surface area contributed by atoms with Gasteiger partial charge in [-0.15, -0.1) is 0 Å². The highest BCUT2D eigenvalue weighted by molar-refractivity contribution is 5.77. The van der Waals surface area contributed by atoms with E-state index in [1.807, 2.05) is 6.92 Å². The molecule has 3 fully saturated rings. The van der Waals surface area contributed by atoms with Gasteiger partial charge >= 0.3 is 0 Å². The molecule has 3 rings (SSSR count). The Kier molecular flexibility index (Phi) is 42.2. The summed E-state index contributed by atoms with van der Waals surface area (Å²) in [5.74, 6) is -2.86. The summed E-state index contributed by atoms with van der Waals surface area (Å²) in [6.07, 6.45) is -11.8. The number of hydrogen-bond acceptors (Lipinski definition) is 28. The molecule has 0 aromatic rings. The van der Waals surface area contributed by atoms with E-state index in [9.17, 15) is 65.1 Å². The molecule has 0 saturated carbocycles. The maximum absolute atomic E-state index is 13.2. The maximum Gasteiger partial charge on any atom is 0.222 e. The van der Waals surface area contributed by atoms with E-state index < -0.39 is 117 Å². The molecule has 3 aliphatic heterocycles. The van der Waals surface area contributed by atoms with Crippen molar-refractivity contribution in [1.82, 2.24) is 21.3 Å². The number of rotatable bonds is 51. The molecule has 0 aromatic heterocycles. The molecule has 88 heavy (non-hydrogen) atoms. The zero-order valence-electron chi connectivity index (χ0n) is 51.6. The van der Waals surface area contributed by atoms with Crippen LogP contribution >= 0.6 is 0 Å². The van der Waals surface area contributed by atoms with Gasteiger partial charge in [-0.2, -0.15) is 0 Å². The molecule has 0 aliphatic carbocycles. The Morgan fingerprint density at radius 1 is 0.364 bits per heavy atom. The van der Waals surface area contributed by atoms with E-state index in [2.05, 4.69) is 21.3 Å². The monoisotopic (exact) mass is 1280 g/mol. The average Bonchev–Trinajstić information content (AvgIpc) is 3.72. The van der Waals surface area contributed by atoms with Gasteiger partial charge in [-0.05, 0) is 6.42 Å². The van der Waals surface area contributed by atoms with Crippen molar-refractivity contribution in [2.75, 3.05) is 178 Å². The lowest BCUT2D eigenvalue weighted by atomic mass is 9.92. The van der Waals surface area contributed by atoms with E-state index in [-0.39, 0.29) is 208 Å². The molecule has 3 saturated heterocycles.